The van der Waals surface area contributed by atoms with Crippen LogP contribution in [0.25, 0.3) is 0 Å². The predicted octanol–water partition coefficient (Wildman–Crippen LogP) is 5.70. The van der Waals surface area contributed by atoms with E-state index < -0.39 is 226 Å². The second-order valence-electron chi connectivity index (χ2n) is 41.4. The van der Waals surface area contributed by atoms with Crippen LogP contribution in [0.2, 0.25) is 0 Å². The number of aliphatic hydroxyl groups excluding tert-OH is 12. The molecule has 14 rings (SSSR count). The Morgan fingerprint density at radius 2 is 0.812 bits per heavy atom. The maximum absolute atomic E-state index is 14.5. The second-order valence-corrected chi connectivity index (χ2v) is 41.4. The zero-order valence-corrected chi connectivity index (χ0v) is 67.3. The van der Waals surface area contributed by atoms with Crippen molar-refractivity contribution in [3.63, 3.8) is 0 Å². The molecular formula is C84H130O28. The minimum Gasteiger partial charge on any atom is -0.481 e. The molecule has 0 aromatic heterocycles. The third-order valence-corrected chi connectivity index (χ3v) is 34.8. The fourth-order valence-corrected chi connectivity index (χ4v) is 28.4. The summed E-state index contributed by atoms with van der Waals surface area (Å²) in [6.07, 6.45) is -18.6. The fraction of sp³-hybridized carbons (Fsp3) is 0.905. The fourth-order valence-electron chi connectivity index (χ4n) is 28.4. The molecule has 0 aromatic carbocycles. The van der Waals surface area contributed by atoms with Gasteiger partial charge in [-0.2, -0.15) is 0 Å². The summed E-state index contributed by atoms with van der Waals surface area (Å²) < 4.78 is 49.8. The first-order valence-electron chi connectivity index (χ1n) is 41.8. The van der Waals surface area contributed by atoms with E-state index in [0.29, 0.717) is 89.9 Å². The minimum atomic E-state index is -2.05. The van der Waals surface area contributed by atoms with Crippen molar-refractivity contribution in [3.8, 4) is 0 Å². The Hall–Kier alpha value is -3.44. The van der Waals surface area contributed by atoms with Crippen molar-refractivity contribution in [3.05, 3.63) is 23.3 Å². The summed E-state index contributed by atoms with van der Waals surface area (Å²) >= 11 is 0. The zero-order valence-electron chi connectivity index (χ0n) is 67.3. The summed E-state index contributed by atoms with van der Waals surface area (Å²) in [4.78, 5) is 54.4. The first kappa shape index (κ1) is 85.0. The van der Waals surface area contributed by atoms with Gasteiger partial charge in [-0.3, -0.25) is 9.59 Å². The highest BCUT2D eigenvalue weighted by Crippen LogP contribution is 2.82. The van der Waals surface area contributed by atoms with Crippen molar-refractivity contribution < 1.29 is 139 Å². The van der Waals surface area contributed by atoms with E-state index in [2.05, 4.69) is 95.2 Å². The number of allylic oxidation sites excluding steroid dienone is 4. The number of fused-ring (bicyclic) bond motifs is 14. The summed E-state index contributed by atoms with van der Waals surface area (Å²) in [5.41, 5.74) is -3.99. The van der Waals surface area contributed by atoms with Crippen LogP contribution in [0.4, 0.5) is 0 Å². The number of ether oxygens (including phenoxy) is 8. The number of carboxylic acids is 4. The summed E-state index contributed by atoms with van der Waals surface area (Å²) in [5.74, 6) is -5.26. The molecule has 0 amide bonds. The van der Waals surface area contributed by atoms with E-state index in [4.69, 9.17) is 37.9 Å². The lowest BCUT2D eigenvalue weighted by Crippen LogP contribution is -2.68. The molecule has 8 saturated carbocycles. The molecular weight excluding hydrogens is 1460 g/mol. The van der Waals surface area contributed by atoms with Crippen molar-refractivity contribution in [1.82, 2.24) is 0 Å². The highest BCUT2D eigenvalue weighted by molar-refractivity contribution is 5.78. The molecule has 112 heavy (non-hydrogen) atoms. The van der Waals surface area contributed by atoms with Crippen LogP contribution in [0.1, 0.15) is 224 Å². The maximum Gasteiger partial charge on any atom is 0.335 e. The van der Waals surface area contributed by atoms with E-state index in [-0.39, 0.29) is 46.3 Å². The summed E-state index contributed by atoms with van der Waals surface area (Å²) in [6.45, 7) is 25.9. The SMILES string of the molecule is CC1(C)CC[C@]2(C(=O)O)CC[C@]3(CC[C@@]45CC[C@H]6C(C)(C)[C@@H](O[C@@H]7O[C@H](C(=O)O)[C@@H](O)[C@H](O)[C@H]7O[C@@H]7O[C@H](CO)[C@@H](O)[C@H](O)[C@H]7O)CC[C@]6(C)[C@H]4CC=C4[C@@H]6CC(C)(C)CC[C@]6(C(=O)O)CC[C@]45C)C(=CC[C@@H]4[C@@]5(C)CC[C@H](O[C@@H]6O[C@H](C(=O)O)[C@@H](O)[C@H](O)[C@H]6O[C@@H]6O[C@H](CO)[C@@H](O)[C@H](O)[C@H]6O)C(C)(C)[C@@H]5CC[C@]43C)[C@@H]2C1. The van der Waals surface area contributed by atoms with Crippen molar-refractivity contribution in [1.29, 1.82) is 0 Å². The van der Waals surface area contributed by atoms with Gasteiger partial charge >= 0.3 is 23.9 Å². The Morgan fingerprint density at radius 3 is 1.26 bits per heavy atom. The van der Waals surface area contributed by atoms with E-state index in [9.17, 15) is 101 Å². The standard InChI is InChI=1S/C84H130O28/c1-73(2)25-28-81(71(101)102)30-27-79(11)39(41(81)35-73)13-16-48-78(10)22-20-50(108-70-64(58(94)56(92)62(110-70)66(99)100)112-68-60(96)54(90)52(88)44(38-86)106-68)76(7,8)46(78)18-24-84(48,79)34-33-83-32-31-82(72(103)104)29-26-74(3,4)36-42(82)40(83)14-15-47-77(9)21-19-49(75(5,6)45(77)17-23-80(47,83)12)107-69-63(57(93)55(91)61(109-69)65(97)98)111-67-59(95)53(89)51(87)43(37-85)105-67/h13-14,41-64,67-70,85-96H,15-38H2,1-12H3,(H,97,98)(H,99,100)(H,101,102)(H,103,104)/t41-,42-,43+,44+,45-,46-,47+,48+,49-,50-,51+,52+,53-,54-,55-,56-,57-,58-,59+,60+,61-,62-,63+,64+,67-,68-,69+,70+,77-,78-,79+,80+,81-,82-,83-,84-/m0/s1. The lowest BCUT2D eigenvalue weighted by Gasteiger charge is -2.74. The van der Waals surface area contributed by atoms with E-state index in [1.807, 2.05) is 0 Å². The van der Waals surface area contributed by atoms with Crippen LogP contribution in [-0.2, 0) is 57.1 Å². The van der Waals surface area contributed by atoms with Gasteiger partial charge in [-0.05, 0) is 231 Å². The molecule has 16 N–H and O–H groups in total. The number of rotatable bonds is 17. The van der Waals surface area contributed by atoms with E-state index in [1.54, 1.807) is 0 Å². The van der Waals surface area contributed by atoms with Gasteiger partial charge in [0.2, 0.25) is 0 Å². The molecule has 36 atom stereocenters. The van der Waals surface area contributed by atoms with Gasteiger partial charge in [0.05, 0.1) is 36.3 Å². The summed E-state index contributed by atoms with van der Waals surface area (Å²) in [5, 5.41) is 176. The lowest BCUT2D eigenvalue weighted by atomic mass is 9.30. The van der Waals surface area contributed by atoms with Crippen LogP contribution in [0.5, 0.6) is 0 Å². The van der Waals surface area contributed by atoms with Crippen molar-refractivity contribution in [2.45, 2.75) is 359 Å². The van der Waals surface area contributed by atoms with E-state index in [1.165, 1.54) is 11.1 Å². The van der Waals surface area contributed by atoms with E-state index >= 15 is 0 Å². The van der Waals surface area contributed by atoms with Crippen LogP contribution in [0.15, 0.2) is 23.3 Å². The van der Waals surface area contributed by atoms with Crippen LogP contribution >= 0.6 is 0 Å². The van der Waals surface area contributed by atoms with Crippen LogP contribution in [0.3, 0.4) is 0 Å². The monoisotopic (exact) mass is 1590 g/mol. The number of aliphatic hydroxyl groups is 12. The third kappa shape index (κ3) is 12.7. The van der Waals surface area contributed by atoms with Crippen molar-refractivity contribution in [2.24, 2.45) is 100 Å². The summed E-state index contributed by atoms with van der Waals surface area (Å²) in [6, 6.07) is 0. The molecule has 634 valence electrons. The third-order valence-electron chi connectivity index (χ3n) is 34.8. The van der Waals surface area contributed by atoms with Crippen LogP contribution in [-0.4, -0.2) is 254 Å². The Balaban J connectivity index is 0.829. The Kier molecular flexibility index (Phi) is 22.1. The van der Waals surface area contributed by atoms with E-state index in [0.717, 1.165) is 51.4 Å². The molecule has 12 fully saturated rings. The molecule has 14 aliphatic rings. The molecule has 0 radical (unpaired) electrons. The number of carbonyl (C=O) groups is 4. The number of hydrogen-bond acceptors (Lipinski definition) is 24. The molecule has 28 heteroatoms. The zero-order chi connectivity index (χ0) is 81.7. The molecule has 0 bridgehead atoms. The molecule has 4 aliphatic heterocycles. The van der Waals surface area contributed by atoms with Gasteiger partial charge in [-0.1, -0.05) is 106 Å². The molecule has 4 saturated heterocycles. The average Bonchev–Trinajstić information content (AvgIpc) is 0.668. The number of carboxylic acid groups (broad SMARTS) is 4. The van der Waals surface area contributed by atoms with Gasteiger partial charge in [0.25, 0.3) is 0 Å². The second kappa shape index (κ2) is 29.2. The van der Waals surface area contributed by atoms with Gasteiger partial charge in [-0.15, -0.1) is 0 Å². The molecule has 0 spiro atoms. The first-order valence-corrected chi connectivity index (χ1v) is 41.8. The van der Waals surface area contributed by atoms with Gasteiger partial charge in [0.1, 0.15) is 85.5 Å². The highest BCUT2D eigenvalue weighted by Gasteiger charge is 2.76. The van der Waals surface area contributed by atoms with Crippen LogP contribution in [0, 0.1) is 100 Å². The number of aliphatic carboxylic acids is 4. The van der Waals surface area contributed by atoms with Gasteiger partial charge in [0.15, 0.2) is 37.4 Å². The molecule has 28 nitrogen and oxygen atoms in total. The molecule has 4 heterocycles. The summed E-state index contributed by atoms with van der Waals surface area (Å²) in [7, 11) is 0. The lowest BCUT2D eigenvalue weighted by molar-refractivity contribution is -0.374. The number of hydrogen-bond donors (Lipinski definition) is 16. The molecule has 0 aromatic rings. The Labute approximate surface area is 656 Å². The quantitative estimate of drug-likeness (QED) is 0.0613. The first-order chi connectivity index (χ1) is 52.2. The minimum absolute atomic E-state index is 0.00406. The molecule has 0 unspecified atom stereocenters. The average molecular weight is 1590 g/mol. The Bertz CT molecular complexity index is 3610. The maximum atomic E-state index is 14.5. The predicted molar refractivity (Wildman–Crippen MR) is 395 cm³/mol. The normalized spacial score (nSPS) is 52.5. The van der Waals surface area contributed by atoms with Crippen molar-refractivity contribution in [2.75, 3.05) is 13.2 Å². The highest BCUT2D eigenvalue weighted by atomic mass is 16.8. The topological polar surface area (TPSA) is 466 Å². The van der Waals surface area contributed by atoms with Crippen LogP contribution < -0.4 is 0 Å². The smallest absolute Gasteiger partial charge is 0.335 e. The van der Waals surface area contributed by atoms with Gasteiger partial charge in [-0.25, -0.2) is 9.59 Å². The van der Waals surface area contributed by atoms with Gasteiger partial charge < -0.3 is 120 Å². The molecule has 10 aliphatic carbocycles. The van der Waals surface area contributed by atoms with Gasteiger partial charge in [0, 0.05) is 0 Å². The largest absolute Gasteiger partial charge is 0.481 e. The van der Waals surface area contributed by atoms with Crippen molar-refractivity contribution >= 4 is 23.9 Å². The Morgan fingerprint density at radius 1 is 0.402 bits per heavy atom.